The number of fused-ring (bicyclic) bond motifs is 1. The van der Waals surface area contributed by atoms with E-state index in [9.17, 15) is 9.90 Å². The Morgan fingerprint density at radius 3 is 2.43 bits per heavy atom. The number of carboxylic acids is 1. The molecule has 2 aromatic carbocycles. The van der Waals surface area contributed by atoms with Crippen molar-refractivity contribution in [1.29, 1.82) is 0 Å². The molecule has 0 aliphatic heterocycles. The number of carboxylic acid groups (broad SMARTS) is 1. The number of ether oxygens (including phenoxy) is 3. The van der Waals surface area contributed by atoms with E-state index in [1.165, 1.54) is 6.42 Å². The van der Waals surface area contributed by atoms with Crippen LogP contribution in [0.1, 0.15) is 47.9 Å². The molecule has 2 N–H and O–H groups in total. The van der Waals surface area contributed by atoms with Crippen LogP contribution in [-0.2, 0) is 29.4 Å². The zero-order chi connectivity index (χ0) is 25.1. The lowest BCUT2D eigenvalue weighted by molar-refractivity contribution is -0.136. The summed E-state index contributed by atoms with van der Waals surface area (Å²) >= 11 is 0. The fourth-order valence-corrected chi connectivity index (χ4v) is 4.62. The van der Waals surface area contributed by atoms with Crippen molar-refractivity contribution in [3.63, 3.8) is 0 Å². The predicted molar refractivity (Wildman–Crippen MR) is 132 cm³/mol. The van der Waals surface area contributed by atoms with Crippen LogP contribution >= 0.6 is 0 Å². The first kappa shape index (κ1) is 25.0. The van der Waals surface area contributed by atoms with Crippen molar-refractivity contribution >= 4 is 17.0 Å². The van der Waals surface area contributed by atoms with E-state index in [4.69, 9.17) is 24.3 Å². The highest BCUT2D eigenvalue weighted by atomic mass is 16.5. The van der Waals surface area contributed by atoms with E-state index in [0.29, 0.717) is 41.6 Å². The molecule has 2 atom stereocenters. The second kappa shape index (κ2) is 10.7. The van der Waals surface area contributed by atoms with Gasteiger partial charge in [0.05, 0.1) is 37.8 Å². The van der Waals surface area contributed by atoms with Gasteiger partial charge >= 0.3 is 5.97 Å². The Hall–Kier alpha value is -3.10. The van der Waals surface area contributed by atoms with Crippen LogP contribution < -0.4 is 9.47 Å². The SMILES string of the molecule is COc1cc(C(O)C(Cc2nc3cc(CC(=O)O)ccc3n2C)OCC2CCC2)cc(OC)c1C. The Morgan fingerprint density at radius 2 is 1.86 bits per heavy atom. The molecule has 35 heavy (non-hydrogen) atoms. The van der Waals surface area contributed by atoms with Gasteiger partial charge in [-0.3, -0.25) is 4.79 Å². The topological polar surface area (TPSA) is 103 Å². The molecule has 1 aliphatic carbocycles. The Balaban J connectivity index is 1.64. The third kappa shape index (κ3) is 5.44. The molecule has 188 valence electrons. The molecular weight excluding hydrogens is 448 g/mol. The first-order valence-corrected chi connectivity index (χ1v) is 12.0. The molecular formula is C27H34N2O6. The van der Waals surface area contributed by atoms with Crippen molar-refractivity contribution in [3.8, 4) is 11.5 Å². The second-order valence-corrected chi connectivity index (χ2v) is 9.35. The lowest BCUT2D eigenvalue weighted by atomic mass is 9.86. The van der Waals surface area contributed by atoms with Crippen molar-refractivity contribution in [1.82, 2.24) is 9.55 Å². The summed E-state index contributed by atoms with van der Waals surface area (Å²) in [7, 11) is 5.12. The standard InChI is InChI=1S/C27H34N2O6/c1-16-22(33-3)12-19(13-23(16)34-4)27(32)24(35-15-17-6-5-7-17)14-25-28-20-10-18(11-26(30)31)8-9-21(20)29(25)2/h8-10,12-13,17,24,27,32H,5-7,11,14-15H2,1-4H3,(H,30,31). The average Bonchev–Trinajstić information content (AvgIpc) is 3.11. The lowest BCUT2D eigenvalue weighted by Crippen LogP contribution is -2.30. The number of nitrogens with zero attached hydrogens (tertiary/aromatic N) is 2. The second-order valence-electron chi connectivity index (χ2n) is 9.35. The minimum Gasteiger partial charge on any atom is -0.496 e. The Bertz CT molecular complexity index is 1170. The van der Waals surface area contributed by atoms with Crippen LogP contribution in [0.15, 0.2) is 30.3 Å². The summed E-state index contributed by atoms with van der Waals surface area (Å²) in [5.41, 5.74) is 3.86. The summed E-state index contributed by atoms with van der Waals surface area (Å²) in [6, 6.07) is 9.17. The fraction of sp³-hybridized carbons (Fsp3) is 0.481. The highest BCUT2D eigenvalue weighted by Crippen LogP contribution is 2.35. The van der Waals surface area contributed by atoms with E-state index in [1.807, 2.05) is 48.9 Å². The van der Waals surface area contributed by atoms with E-state index < -0.39 is 18.2 Å². The van der Waals surface area contributed by atoms with Crippen LogP contribution in [0.3, 0.4) is 0 Å². The van der Waals surface area contributed by atoms with Gasteiger partial charge in [-0.1, -0.05) is 12.5 Å². The normalized spacial score (nSPS) is 15.6. The monoisotopic (exact) mass is 482 g/mol. The smallest absolute Gasteiger partial charge is 0.307 e. The molecule has 1 aliphatic rings. The largest absolute Gasteiger partial charge is 0.496 e. The number of aliphatic hydroxyl groups is 1. The number of hydrogen-bond donors (Lipinski definition) is 2. The van der Waals surface area contributed by atoms with Gasteiger partial charge in [0.15, 0.2) is 0 Å². The van der Waals surface area contributed by atoms with Crippen LogP contribution in [0.5, 0.6) is 11.5 Å². The molecule has 1 heterocycles. The molecule has 1 aromatic heterocycles. The zero-order valence-corrected chi connectivity index (χ0v) is 20.8. The summed E-state index contributed by atoms with van der Waals surface area (Å²) in [5, 5.41) is 20.6. The molecule has 4 rings (SSSR count). The van der Waals surface area contributed by atoms with Crippen LogP contribution in [0.2, 0.25) is 0 Å². The number of methoxy groups -OCH3 is 2. The Morgan fingerprint density at radius 1 is 1.17 bits per heavy atom. The predicted octanol–water partition coefficient (Wildman–Crippen LogP) is 3.99. The molecule has 0 saturated heterocycles. The summed E-state index contributed by atoms with van der Waals surface area (Å²) in [4.78, 5) is 15.9. The van der Waals surface area contributed by atoms with Gasteiger partial charge in [0.25, 0.3) is 0 Å². The quantitative estimate of drug-likeness (QED) is 0.426. The van der Waals surface area contributed by atoms with Crippen LogP contribution in [0, 0.1) is 12.8 Å². The van der Waals surface area contributed by atoms with Gasteiger partial charge in [-0.15, -0.1) is 0 Å². The number of benzene rings is 2. The number of rotatable bonds is 11. The lowest BCUT2D eigenvalue weighted by Gasteiger charge is -2.30. The van der Waals surface area contributed by atoms with Gasteiger partial charge in [0.2, 0.25) is 0 Å². The van der Waals surface area contributed by atoms with Crippen LogP contribution in [-0.4, -0.2) is 52.7 Å². The van der Waals surface area contributed by atoms with E-state index in [1.54, 1.807) is 14.2 Å². The summed E-state index contributed by atoms with van der Waals surface area (Å²) in [6.07, 6.45) is 2.41. The number of aliphatic hydroxyl groups excluding tert-OH is 1. The number of carbonyl (C=O) groups is 1. The van der Waals surface area contributed by atoms with Crippen LogP contribution in [0.4, 0.5) is 0 Å². The van der Waals surface area contributed by atoms with Crippen molar-refractivity contribution < 1.29 is 29.2 Å². The molecule has 0 amide bonds. The molecule has 2 unspecified atom stereocenters. The van der Waals surface area contributed by atoms with Crippen molar-refractivity contribution in [3.05, 3.63) is 52.8 Å². The van der Waals surface area contributed by atoms with E-state index in [0.717, 1.165) is 35.3 Å². The molecule has 1 saturated carbocycles. The Kier molecular flexibility index (Phi) is 7.62. The van der Waals surface area contributed by atoms with Gasteiger partial charge in [-0.2, -0.15) is 0 Å². The summed E-state index contributed by atoms with van der Waals surface area (Å²) < 4.78 is 19.3. The first-order chi connectivity index (χ1) is 16.8. The number of aromatic nitrogens is 2. The molecule has 0 bridgehead atoms. The van der Waals surface area contributed by atoms with Gasteiger partial charge in [0.1, 0.15) is 23.4 Å². The number of hydrogen-bond acceptors (Lipinski definition) is 6. The molecule has 8 nitrogen and oxygen atoms in total. The third-order valence-electron chi connectivity index (χ3n) is 7.02. The molecule has 8 heteroatoms. The first-order valence-electron chi connectivity index (χ1n) is 12.0. The van der Waals surface area contributed by atoms with E-state index in [-0.39, 0.29) is 6.42 Å². The van der Waals surface area contributed by atoms with Gasteiger partial charge < -0.3 is 29.0 Å². The van der Waals surface area contributed by atoms with Crippen molar-refractivity contribution in [2.75, 3.05) is 20.8 Å². The minimum absolute atomic E-state index is 0.0508. The maximum atomic E-state index is 11.4. The van der Waals surface area contributed by atoms with Gasteiger partial charge in [-0.25, -0.2) is 4.98 Å². The third-order valence-corrected chi connectivity index (χ3v) is 7.02. The summed E-state index contributed by atoms with van der Waals surface area (Å²) in [6.45, 7) is 2.50. The van der Waals surface area contributed by atoms with E-state index >= 15 is 0 Å². The molecule has 1 fully saturated rings. The van der Waals surface area contributed by atoms with Crippen molar-refractivity contribution in [2.45, 2.75) is 51.2 Å². The van der Waals surface area contributed by atoms with Gasteiger partial charge in [-0.05, 0) is 61.1 Å². The summed E-state index contributed by atoms with van der Waals surface area (Å²) in [5.74, 6) is 1.69. The van der Waals surface area contributed by atoms with Gasteiger partial charge in [0, 0.05) is 25.6 Å². The number of aryl methyl sites for hydroxylation is 1. The molecule has 0 radical (unpaired) electrons. The highest BCUT2D eigenvalue weighted by molar-refractivity contribution is 5.79. The fourth-order valence-electron chi connectivity index (χ4n) is 4.62. The Labute approximate surface area is 205 Å². The molecule has 0 spiro atoms. The van der Waals surface area contributed by atoms with Crippen molar-refractivity contribution in [2.24, 2.45) is 13.0 Å². The zero-order valence-electron chi connectivity index (χ0n) is 20.8. The number of imidazole rings is 1. The molecule has 3 aromatic rings. The average molecular weight is 483 g/mol. The van der Waals surface area contributed by atoms with Crippen LogP contribution in [0.25, 0.3) is 11.0 Å². The maximum Gasteiger partial charge on any atom is 0.307 e. The minimum atomic E-state index is -0.916. The number of aliphatic carboxylic acids is 1. The highest BCUT2D eigenvalue weighted by Gasteiger charge is 2.28. The van der Waals surface area contributed by atoms with E-state index in [2.05, 4.69) is 0 Å². The maximum absolute atomic E-state index is 11.4.